The minimum absolute atomic E-state index is 0.328. The zero-order chi connectivity index (χ0) is 14.4. The molecule has 1 aromatic rings. The Morgan fingerprint density at radius 3 is 2.11 bits per heavy atom. The van der Waals surface area contributed by atoms with Crippen molar-refractivity contribution in [3.8, 4) is 0 Å². The first-order chi connectivity index (χ1) is 8.62. The molecule has 1 aromatic heterocycles. The topological polar surface area (TPSA) is 34.6 Å². The van der Waals surface area contributed by atoms with Gasteiger partial charge in [0.15, 0.2) is 0 Å². The van der Waals surface area contributed by atoms with E-state index in [0.717, 1.165) is 15.9 Å². The van der Waals surface area contributed by atoms with Gasteiger partial charge in [-0.25, -0.2) is 4.98 Å². The number of aromatic nitrogens is 1. The summed E-state index contributed by atoms with van der Waals surface area (Å²) in [6.45, 7) is 8.21. The van der Waals surface area contributed by atoms with Crippen molar-refractivity contribution in [3.63, 3.8) is 0 Å². The zero-order valence-corrected chi connectivity index (χ0v) is 13.9. The quantitative estimate of drug-likeness (QED) is 0.616. The number of anilines is 1. The van der Waals surface area contributed by atoms with Crippen molar-refractivity contribution < 1.29 is 9.31 Å². The van der Waals surface area contributed by atoms with Gasteiger partial charge in [0.2, 0.25) is 0 Å². The predicted octanol–water partition coefficient (Wildman–Crippen LogP) is 2.21. The Bertz CT molecular complexity index is 476. The first-order valence-electron chi connectivity index (χ1n) is 6.33. The van der Waals surface area contributed by atoms with Crippen molar-refractivity contribution in [2.45, 2.75) is 38.9 Å². The third-order valence-electron chi connectivity index (χ3n) is 3.79. The van der Waals surface area contributed by atoms with Crippen LogP contribution in [0.1, 0.15) is 27.7 Å². The molecule has 6 heteroatoms. The lowest BCUT2D eigenvalue weighted by atomic mass is 9.79. The molecule has 0 saturated carbocycles. The van der Waals surface area contributed by atoms with E-state index in [1.807, 2.05) is 31.1 Å². The fourth-order valence-electron chi connectivity index (χ4n) is 1.85. The molecule has 0 radical (unpaired) electrons. The van der Waals surface area contributed by atoms with E-state index in [4.69, 9.17) is 9.31 Å². The SMILES string of the molecule is CN(C)c1cc(B2OC(C)(C)C(C)(C)O2)cc(Br)n1. The molecular weight excluding hydrogens is 307 g/mol. The average Bonchev–Trinajstić information content (AvgIpc) is 2.47. The van der Waals surface area contributed by atoms with Crippen LogP contribution in [0.15, 0.2) is 16.7 Å². The molecule has 2 rings (SSSR count). The van der Waals surface area contributed by atoms with Crippen LogP contribution in [-0.2, 0) is 9.31 Å². The van der Waals surface area contributed by atoms with Gasteiger partial charge in [0.05, 0.1) is 11.2 Å². The molecule has 1 aliphatic heterocycles. The van der Waals surface area contributed by atoms with Crippen LogP contribution in [0.5, 0.6) is 0 Å². The minimum atomic E-state index is -0.358. The molecular formula is C13H20BBrN2O2. The van der Waals surface area contributed by atoms with Gasteiger partial charge in [-0.05, 0) is 61.2 Å². The highest BCUT2D eigenvalue weighted by Crippen LogP contribution is 2.36. The lowest BCUT2D eigenvalue weighted by Gasteiger charge is -2.32. The Hall–Kier alpha value is -0.585. The molecule has 1 saturated heterocycles. The monoisotopic (exact) mass is 326 g/mol. The van der Waals surface area contributed by atoms with Crippen LogP contribution >= 0.6 is 15.9 Å². The van der Waals surface area contributed by atoms with Crippen LogP contribution < -0.4 is 10.4 Å². The molecule has 19 heavy (non-hydrogen) atoms. The summed E-state index contributed by atoms with van der Waals surface area (Å²) in [5.74, 6) is 0.874. The normalized spacial score (nSPS) is 20.7. The van der Waals surface area contributed by atoms with Crippen LogP contribution in [0.2, 0.25) is 0 Å². The Kier molecular flexibility index (Phi) is 3.71. The van der Waals surface area contributed by atoms with Crippen LogP contribution in [-0.4, -0.2) is 37.4 Å². The van der Waals surface area contributed by atoms with Gasteiger partial charge in [-0.2, -0.15) is 0 Å². The Morgan fingerprint density at radius 1 is 1.11 bits per heavy atom. The summed E-state index contributed by atoms with van der Waals surface area (Å²) in [7, 11) is 3.56. The molecule has 0 aromatic carbocycles. The fourth-order valence-corrected chi connectivity index (χ4v) is 2.29. The third-order valence-corrected chi connectivity index (χ3v) is 4.19. The number of pyridine rings is 1. The number of halogens is 1. The summed E-state index contributed by atoms with van der Waals surface area (Å²) in [5.41, 5.74) is 0.321. The largest absolute Gasteiger partial charge is 0.495 e. The van der Waals surface area contributed by atoms with E-state index in [0.29, 0.717) is 0 Å². The van der Waals surface area contributed by atoms with E-state index in [1.54, 1.807) is 0 Å². The number of nitrogens with zero attached hydrogens (tertiary/aromatic N) is 2. The van der Waals surface area contributed by atoms with E-state index in [1.165, 1.54) is 0 Å². The maximum absolute atomic E-state index is 6.05. The molecule has 1 fully saturated rings. The molecule has 104 valence electrons. The van der Waals surface area contributed by atoms with Crippen LogP contribution in [0.4, 0.5) is 5.82 Å². The standard InChI is InChI=1S/C13H20BBrN2O2/c1-12(2)13(3,4)19-14(18-12)9-7-10(15)16-11(8-9)17(5)6/h7-8H,1-6H3. The maximum atomic E-state index is 6.05. The van der Waals surface area contributed by atoms with Crippen LogP contribution in [0, 0.1) is 0 Å². The van der Waals surface area contributed by atoms with Crippen molar-refractivity contribution in [2.75, 3.05) is 19.0 Å². The van der Waals surface area contributed by atoms with Crippen molar-refractivity contribution >= 4 is 34.3 Å². The van der Waals surface area contributed by atoms with Crippen molar-refractivity contribution in [2.24, 2.45) is 0 Å². The summed E-state index contributed by atoms with van der Waals surface area (Å²) in [6.07, 6.45) is 0. The Labute approximate surface area is 123 Å². The first-order valence-corrected chi connectivity index (χ1v) is 7.12. The molecule has 0 N–H and O–H groups in total. The number of hydrogen-bond donors (Lipinski definition) is 0. The first kappa shape index (κ1) is 14.8. The van der Waals surface area contributed by atoms with E-state index >= 15 is 0 Å². The van der Waals surface area contributed by atoms with Crippen LogP contribution in [0.3, 0.4) is 0 Å². The second-order valence-corrected chi connectivity index (χ2v) is 6.88. The molecule has 0 spiro atoms. The summed E-state index contributed by atoms with van der Waals surface area (Å²) in [5, 5.41) is 0. The minimum Gasteiger partial charge on any atom is -0.399 e. The van der Waals surface area contributed by atoms with Gasteiger partial charge in [0, 0.05) is 14.1 Å². The molecule has 0 bridgehead atoms. The average molecular weight is 327 g/mol. The van der Waals surface area contributed by atoms with Gasteiger partial charge >= 0.3 is 7.12 Å². The van der Waals surface area contributed by atoms with E-state index in [9.17, 15) is 0 Å². The maximum Gasteiger partial charge on any atom is 0.495 e. The highest BCUT2D eigenvalue weighted by Gasteiger charge is 2.51. The highest BCUT2D eigenvalue weighted by molar-refractivity contribution is 9.10. The number of rotatable bonds is 2. The fraction of sp³-hybridized carbons (Fsp3) is 0.615. The van der Waals surface area contributed by atoms with Crippen molar-refractivity contribution in [1.29, 1.82) is 0 Å². The van der Waals surface area contributed by atoms with Gasteiger partial charge in [0.25, 0.3) is 0 Å². The van der Waals surface area contributed by atoms with Gasteiger partial charge < -0.3 is 14.2 Å². The van der Waals surface area contributed by atoms with E-state index in [-0.39, 0.29) is 18.3 Å². The lowest BCUT2D eigenvalue weighted by molar-refractivity contribution is 0.00578. The lowest BCUT2D eigenvalue weighted by Crippen LogP contribution is -2.41. The molecule has 2 heterocycles. The smallest absolute Gasteiger partial charge is 0.399 e. The Morgan fingerprint density at radius 2 is 1.63 bits per heavy atom. The van der Waals surface area contributed by atoms with Crippen molar-refractivity contribution in [1.82, 2.24) is 4.98 Å². The van der Waals surface area contributed by atoms with E-state index in [2.05, 4.69) is 48.6 Å². The predicted molar refractivity (Wildman–Crippen MR) is 82.0 cm³/mol. The molecule has 0 unspecified atom stereocenters. The summed E-state index contributed by atoms with van der Waals surface area (Å²) < 4.78 is 12.9. The summed E-state index contributed by atoms with van der Waals surface area (Å²) >= 11 is 3.44. The Balaban J connectivity index is 2.34. The molecule has 4 nitrogen and oxygen atoms in total. The van der Waals surface area contributed by atoms with Crippen LogP contribution in [0.25, 0.3) is 0 Å². The van der Waals surface area contributed by atoms with Gasteiger partial charge in [-0.1, -0.05) is 0 Å². The summed E-state index contributed by atoms with van der Waals surface area (Å²) in [6, 6.07) is 3.93. The number of hydrogen-bond acceptors (Lipinski definition) is 4. The second kappa shape index (κ2) is 4.75. The van der Waals surface area contributed by atoms with E-state index < -0.39 is 0 Å². The van der Waals surface area contributed by atoms with Gasteiger partial charge in [-0.3, -0.25) is 0 Å². The molecule has 1 aliphatic rings. The highest BCUT2D eigenvalue weighted by atomic mass is 79.9. The third kappa shape index (κ3) is 2.80. The molecule has 0 aliphatic carbocycles. The second-order valence-electron chi connectivity index (χ2n) is 6.06. The van der Waals surface area contributed by atoms with Gasteiger partial charge in [0.1, 0.15) is 10.4 Å². The summed E-state index contributed by atoms with van der Waals surface area (Å²) in [4.78, 5) is 6.37. The van der Waals surface area contributed by atoms with Gasteiger partial charge in [-0.15, -0.1) is 0 Å². The molecule has 0 atom stereocenters. The molecule has 0 amide bonds. The zero-order valence-electron chi connectivity index (χ0n) is 12.3. The van der Waals surface area contributed by atoms with Crippen molar-refractivity contribution in [3.05, 3.63) is 16.7 Å².